The monoisotopic (exact) mass is 452 g/mol. The largest absolute Gasteiger partial charge is 0.457 e. The number of para-hydroxylation sites is 1. The Kier molecular flexibility index (Phi) is 7.58. The molecule has 7 nitrogen and oxygen atoms in total. The van der Waals surface area contributed by atoms with Crippen molar-refractivity contribution in [2.75, 3.05) is 12.1 Å². The minimum absolute atomic E-state index is 0.172. The van der Waals surface area contributed by atoms with Gasteiger partial charge < -0.3 is 14.8 Å². The molecule has 0 saturated carbocycles. The second-order valence-corrected chi connectivity index (χ2v) is 7.40. The Morgan fingerprint density at radius 2 is 1.38 bits per heavy atom. The third-order valence-corrected chi connectivity index (χ3v) is 4.84. The number of hydrogen-bond acceptors (Lipinski definition) is 7. The molecule has 1 aromatic heterocycles. The number of ether oxygens (including phenoxy) is 2. The molecular weight excluding hydrogens is 428 g/mol. The van der Waals surface area contributed by atoms with Gasteiger partial charge in [0, 0.05) is 24.6 Å². The number of anilines is 2. The van der Waals surface area contributed by atoms with Crippen LogP contribution in [0.5, 0.6) is 5.75 Å². The van der Waals surface area contributed by atoms with E-state index < -0.39 is 5.97 Å². The van der Waals surface area contributed by atoms with Gasteiger partial charge in [0.05, 0.1) is 0 Å². The lowest BCUT2D eigenvalue weighted by Crippen LogP contribution is -2.09. The summed E-state index contributed by atoms with van der Waals surface area (Å²) in [7, 11) is 0. The lowest BCUT2D eigenvalue weighted by Gasteiger charge is -2.10. The minimum atomic E-state index is -0.530. The molecule has 1 heterocycles. The highest BCUT2D eigenvalue weighted by Gasteiger charge is 2.09. The second kappa shape index (κ2) is 11.4. The summed E-state index contributed by atoms with van der Waals surface area (Å²) in [5.41, 5.74) is 3.05. The van der Waals surface area contributed by atoms with Crippen LogP contribution in [0.3, 0.4) is 0 Å². The fraction of sp³-hybridized carbons (Fsp3) is 0.111. The Morgan fingerprint density at radius 3 is 2.00 bits per heavy atom. The van der Waals surface area contributed by atoms with Crippen molar-refractivity contribution in [1.82, 2.24) is 15.0 Å². The molecule has 3 aromatic carbocycles. The Labute approximate surface area is 198 Å². The summed E-state index contributed by atoms with van der Waals surface area (Å²) in [4.78, 5) is 25.1. The topological polar surface area (TPSA) is 86.2 Å². The van der Waals surface area contributed by atoms with E-state index in [1.807, 2.05) is 72.8 Å². The molecule has 4 rings (SSSR count). The van der Waals surface area contributed by atoms with Gasteiger partial charge in [-0.3, -0.25) is 0 Å². The molecule has 0 radical (unpaired) electrons. The number of aromatic nitrogens is 3. The van der Waals surface area contributed by atoms with Crippen molar-refractivity contribution >= 4 is 17.6 Å². The number of nitrogens with one attached hydrogen (secondary N) is 1. The van der Waals surface area contributed by atoms with Crippen molar-refractivity contribution in [3.8, 4) is 5.75 Å². The zero-order valence-corrected chi connectivity index (χ0v) is 18.6. The molecule has 0 amide bonds. The number of esters is 1. The summed E-state index contributed by atoms with van der Waals surface area (Å²) in [6.45, 7) is 3.17. The maximum Gasteiger partial charge on any atom is 0.333 e. The number of carbonyl (C=O) groups is 1. The first-order chi connectivity index (χ1) is 16.7. The van der Waals surface area contributed by atoms with Gasteiger partial charge in [-0.25, -0.2) is 9.78 Å². The minimum Gasteiger partial charge on any atom is -0.457 e. The first kappa shape index (κ1) is 22.7. The summed E-state index contributed by atoms with van der Waals surface area (Å²) < 4.78 is 10.2. The van der Waals surface area contributed by atoms with Crippen molar-refractivity contribution in [2.24, 2.45) is 0 Å². The molecule has 0 fully saturated rings. The van der Waals surface area contributed by atoms with Crippen LogP contribution < -0.4 is 10.1 Å². The lowest BCUT2D eigenvalue weighted by molar-refractivity contribution is -0.144. The van der Waals surface area contributed by atoms with Gasteiger partial charge in [-0.2, -0.15) is 9.97 Å². The van der Waals surface area contributed by atoms with Crippen LogP contribution in [-0.4, -0.2) is 27.7 Å². The van der Waals surface area contributed by atoms with Crippen LogP contribution in [0.1, 0.15) is 22.8 Å². The van der Waals surface area contributed by atoms with Crippen LogP contribution in [0.25, 0.3) is 0 Å². The van der Waals surface area contributed by atoms with E-state index in [2.05, 4.69) is 34.0 Å². The van der Waals surface area contributed by atoms with Crippen molar-refractivity contribution in [3.63, 3.8) is 0 Å². The van der Waals surface area contributed by atoms with Gasteiger partial charge in [0.25, 0.3) is 0 Å². The van der Waals surface area contributed by atoms with E-state index in [-0.39, 0.29) is 6.79 Å². The molecule has 0 saturated heterocycles. The number of benzene rings is 3. The highest BCUT2D eigenvalue weighted by atomic mass is 16.7. The SMILES string of the molecule is C=CC(=O)OCOc1ccc(Cc2nc(Cc3ccccc3)nc(Nc3ccccc3)n2)cc1. The first-order valence-electron chi connectivity index (χ1n) is 10.8. The van der Waals surface area contributed by atoms with Crippen LogP contribution in [-0.2, 0) is 22.4 Å². The van der Waals surface area contributed by atoms with Crippen molar-refractivity contribution in [1.29, 1.82) is 0 Å². The zero-order valence-electron chi connectivity index (χ0n) is 18.6. The highest BCUT2D eigenvalue weighted by Crippen LogP contribution is 2.17. The second-order valence-electron chi connectivity index (χ2n) is 7.40. The Hall–Kier alpha value is -4.52. The van der Waals surface area contributed by atoms with Crippen LogP contribution in [0.15, 0.2) is 97.6 Å². The number of carbonyl (C=O) groups excluding carboxylic acids is 1. The van der Waals surface area contributed by atoms with E-state index in [4.69, 9.17) is 14.5 Å². The van der Waals surface area contributed by atoms with Gasteiger partial charge in [0.2, 0.25) is 12.7 Å². The normalized spacial score (nSPS) is 10.4. The van der Waals surface area contributed by atoms with Gasteiger partial charge >= 0.3 is 5.97 Å². The molecule has 0 aliphatic heterocycles. The van der Waals surface area contributed by atoms with Gasteiger partial charge in [0.1, 0.15) is 17.4 Å². The molecule has 0 aliphatic carbocycles. The summed E-state index contributed by atoms with van der Waals surface area (Å²) in [5, 5.41) is 3.27. The molecule has 0 aliphatic rings. The fourth-order valence-corrected chi connectivity index (χ4v) is 3.21. The Bertz CT molecular complexity index is 1170. The summed E-state index contributed by atoms with van der Waals surface area (Å²) in [6, 6.07) is 27.4. The maximum absolute atomic E-state index is 11.1. The van der Waals surface area contributed by atoms with E-state index in [9.17, 15) is 4.79 Å². The molecule has 170 valence electrons. The molecule has 0 bridgehead atoms. The van der Waals surface area contributed by atoms with Gasteiger partial charge in [-0.15, -0.1) is 0 Å². The van der Waals surface area contributed by atoms with Crippen molar-refractivity contribution < 1.29 is 14.3 Å². The first-order valence-corrected chi connectivity index (χ1v) is 10.8. The molecule has 7 heteroatoms. The quantitative estimate of drug-likeness (QED) is 0.209. The average Bonchev–Trinajstić information content (AvgIpc) is 2.86. The van der Waals surface area contributed by atoms with Crippen LogP contribution in [0.4, 0.5) is 11.6 Å². The van der Waals surface area contributed by atoms with E-state index in [1.54, 1.807) is 0 Å². The number of nitrogens with zero attached hydrogens (tertiary/aromatic N) is 3. The van der Waals surface area contributed by atoms with Crippen LogP contribution in [0, 0.1) is 0 Å². The van der Waals surface area contributed by atoms with E-state index in [1.165, 1.54) is 0 Å². The predicted molar refractivity (Wildman–Crippen MR) is 130 cm³/mol. The highest BCUT2D eigenvalue weighted by molar-refractivity contribution is 5.81. The summed E-state index contributed by atoms with van der Waals surface area (Å²) >= 11 is 0. The molecule has 4 aromatic rings. The van der Waals surface area contributed by atoms with Crippen molar-refractivity contribution in [3.05, 3.63) is 120 Å². The van der Waals surface area contributed by atoms with E-state index in [0.29, 0.717) is 36.2 Å². The Balaban J connectivity index is 1.50. The molecule has 0 atom stereocenters. The third kappa shape index (κ3) is 6.74. The molecule has 34 heavy (non-hydrogen) atoms. The average molecular weight is 453 g/mol. The lowest BCUT2D eigenvalue weighted by atomic mass is 10.1. The Morgan fingerprint density at radius 1 is 0.794 bits per heavy atom. The molecule has 1 N–H and O–H groups in total. The van der Waals surface area contributed by atoms with Crippen molar-refractivity contribution in [2.45, 2.75) is 12.8 Å². The number of rotatable bonds is 10. The van der Waals surface area contributed by atoms with Crippen LogP contribution in [0.2, 0.25) is 0 Å². The standard InChI is InChI=1S/C27H24N4O3/c1-2-26(32)34-19-33-23-15-13-21(14-16-23)18-25-29-24(17-20-9-5-3-6-10-20)30-27(31-25)28-22-11-7-4-8-12-22/h2-16H,1,17-19H2,(H,28,29,30,31). The number of hydrogen-bond donors (Lipinski definition) is 1. The molecular formula is C27H24N4O3. The van der Waals surface area contributed by atoms with E-state index >= 15 is 0 Å². The van der Waals surface area contributed by atoms with E-state index in [0.717, 1.165) is 22.9 Å². The third-order valence-electron chi connectivity index (χ3n) is 4.84. The molecule has 0 unspecified atom stereocenters. The zero-order chi connectivity index (χ0) is 23.6. The predicted octanol–water partition coefficient (Wildman–Crippen LogP) is 4.86. The summed E-state index contributed by atoms with van der Waals surface area (Å²) in [6.07, 6.45) is 2.23. The maximum atomic E-state index is 11.1. The molecule has 0 spiro atoms. The fourth-order valence-electron chi connectivity index (χ4n) is 3.21. The van der Waals surface area contributed by atoms with Crippen LogP contribution >= 0.6 is 0 Å². The van der Waals surface area contributed by atoms with Gasteiger partial charge in [0.15, 0.2) is 0 Å². The van der Waals surface area contributed by atoms with Gasteiger partial charge in [-0.1, -0.05) is 67.2 Å². The summed E-state index contributed by atoms with van der Waals surface area (Å²) in [5.74, 6) is 1.92. The smallest absolute Gasteiger partial charge is 0.333 e. The van der Waals surface area contributed by atoms with Gasteiger partial charge in [-0.05, 0) is 35.4 Å².